The van der Waals surface area contributed by atoms with Crippen molar-refractivity contribution in [1.82, 2.24) is 25.6 Å². The number of unbranched alkanes of at least 4 members (excludes halogenated alkanes) is 1. The fourth-order valence-corrected chi connectivity index (χ4v) is 2.92. The number of pyridine rings is 1. The maximum absolute atomic E-state index is 12.5. The van der Waals surface area contributed by atoms with Gasteiger partial charge >= 0.3 is 0 Å². The van der Waals surface area contributed by atoms with E-state index in [1.165, 1.54) is 19.3 Å². The largest absolute Gasteiger partial charge is 0.361 e. The molecule has 2 aromatic rings. The van der Waals surface area contributed by atoms with Crippen molar-refractivity contribution in [3.8, 4) is 0 Å². The predicted molar refractivity (Wildman–Crippen MR) is 104 cm³/mol. The molecule has 0 bridgehead atoms. The number of rotatable bonds is 7. The number of imidazole rings is 1. The number of carbonyl (C=O) groups excluding carboxylic acids is 1. The fourth-order valence-electron chi connectivity index (χ4n) is 2.78. The normalized spacial score (nSPS) is 12.0. The third kappa shape index (κ3) is 5.16. The first-order chi connectivity index (χ1) is 12.1. The van der Waals surface area contributed by atoms with Crippen LogP contribution in [0.15, 0.2) is 24.4 Å². The zero-order chi connectivity index (χ0) is 18.2. The van der Waals surface area contributed by atoms with E-state index >= 15 is 0 Å². The first kappa shape index (κ1) is 19.2. The molecule has 0 saturated carbocycles. The molecule has 0 spiro atoms. The summed E-state index contributed by atoms with van der Waals surface area (Å²) in [6.45, 7) is 7.02. The first-order valence-electron chi connectivity index (χ1n) is 8.84. The Morgan fingerprint density at radius 3 is 2.84 bits per heavy atom. The van der Waals surface area contributed by atoms with Gasteiger partial charge in [-0.25, -0.2) is 4.98 Å². The van der Waals surface area contributed by atoms with Crippen molar-refractivity contribution >= 4 is 28.9 Å². The zero-order valence-electron chi connectivity index (χ0n) is 15.1. The summed E-state index contributed by atoms with van der Waals surface area (Å²) in [6.07, 6.45) is 6.55. The molecule has 0 aromatic carbocycles. The summed E-state index contributed by atoms with van der Waals surface area (Å²) in [5.74, 6) is 0.329. The van der Waals surface area contributed by atoms with Crippen molar-refractivity contribution in [3.05, 3.63) is 35.8 Å². The maximum Gasteiger partial charge on any atom is 0.288 e. The second kappa shape index (κ2) is 9.36. The Morgan fingerprint density at radius 1 is 1.32 bits per heavy atom. The Kier molecular flexibility index (Phi) is 7.18. The molecule has 3 N–H and O–H groups in total. The van der Waals surface area contributed by atoms with E-state index in [0.29, 0.717) is 22.4 Å². The molecule has 0 fully saturated rings. The highest BCUT2D eigenvalue weighted by Gasteiger charge is 2.16. The summed E-state index contributed by atoms with van der Waals surface area (Å²) >= 11 is 5.25. The molecule has 0 aliphatic carbocycles. The van der Waals surface area contributed by atoms with Crippen LogP contribution in [0.2, 0.25) is 0 Å². The molecule has 136 valence electrons. The van der Waals surface area contributed by atoms with Gasteiger partial charge in [0.1, 0.15) is 11.3 Å². The van der Waals surface area contributed by atoms with Crippen molar-refractivity contribution in [2.45, 2.75) is 46.5 Å². The van der Waals surface area contributed by atoms with Crippen LogP contribution in [-0.2, 0) is 0 Å². The van der Waals surface area contributed by atoms with E-state index in [4.69, 9.17) is 12.2 Å². The zero-order valence-corrected chi connectivity index (χ0v) is 15.9. The average Bonchev–Trinajstić information content (AvgIpc) is 2.95. The molecular formula is C18H27N5OS. The second-order valence-corrected chi connectivity index (χ2v) is 6.59. The third-order valence-electron chi connectivity index (χ3n) is 4.30. The number of carbonyl (C=O) groups is 1. The van der Waals surface area contributed by atoms with Crippen molar-refractivity contribution in [2.24, 2.45) is 5.92 Å². The highest BCUT2D eigenvalue weighted by Crippen LogP contribution is 2.12. The summed E-state index contributed by atoms with van der Waals surface area (Å²) in [5.41, 5.74) is 7.35. The third-order valence-corrected chi connectivity index (χ3v) is 4.55. The van der Waals surface area contributed by atoms with E-state index in [9.17, 15) is 4.79 Å². The number of hydrazine groups is 1. The van der Waals surface area contributed by atoms with Crippen molar-refractivity contribution < 1.29 is 4.79 Å². The molecular weight excluding hydrogens is 334 g/mol. The molecule has 7 heteroatoms. The van der Waals surface area contributed by atoms with Crippen LogP contribution in [0.25, 0.3) is 5.65 Å². The van der Waals surface area contributed by atoms with E-state index in [2.05, 4.69) is 35.0 Å². The van der Waals surface area contributed by atoms with E-state index in [0.717, 1.165) is 18.6 Å². The molecule has 6 nitrogen and oxygen atoms in total. The van der Waals surface area contributed by atoms with Crippen LogP contribution in [0.5, 0.6) is 0 Å². The maximum atomic E-state index is 12.5. The van der Waals surface area contributed by atoms with Gasteiger partial charge in [0.05, 0.1) is 5.69 Å². The Balaban J connectivity index is 1.86. The Morgan fingerprint density at radius 2 is 2.12 bits per heavy atom. The Bertz CT molecular complexity index is 727. The van der Waals surface area contributed by atoms with Gasteiger partial charge < -0.3 is 5.32 Å². The minimum absolute atomic E-state index is 0.265. The molecule has 1 atom stereocenters. The van der Waals surface area contributed by atoms with Gasteiger partial charge in [0, 0.05) is 12.7 Å². The standard InChI is InChI=1S/C18H27N5OS/c1-4-6-9-14(5-2)12-19-18(25)22-21-17(24)16-13(3)20-15-10-7-8-11-23(15)16/h7-8,10-11,14H,4-6,9,12H2,1-3H3,(H,21,24)(H2,19,22,25)/t14-/m0/s1. The molecule has 0 saturated heterocycles. The van der Waals surface area contributed by atoms with Crippen molar-refractivity contribution in [3.63, 3.8) is 0 Å². The van der Waals surface area contributed by atoms with Gasteiger partial charge in [-0.05, 0) is 43.6 Å². The lowest BCUT2D eigenvalue weighted by molar-refractivity contribution is 0.0937. The van der Waals surface area contributed by atoms with E-state index < -0.39 is 0 Å². The highest BCUT2D eigenvalue weighted by atomic mass is 32.1. The lowest BCUT2D eigenvalue weighted by Crippen LogP contribution is -2.48. The molecule has 25 heavy (non-hydrogen) atoms. The average molecular weight is 362 g/mol. The van der Waals surface area contributed by atoms with E-state index in [-0.39, 0.29) is 5.91 Å². The monoisotopic (exact) mass is 361 g/mol. The summed E-state index contributed by atoms with van der Waals surface area (Å²) in [4.78, 5) is 16.8. The van der Waals surface area contributed by atoms with Crippen LogP contribution in [-0.4, -0.2) is 26.9 Å². The van der Waals surface area contributed by atoms with Gasteiger partial charge in [0.15, 0.2) is 5.11 Å². The molecule has 0 unspecified atom stereocenters. The number of hydrogen-bond acceptors (Lipinski definition) is 3. The van der Waals surface area contributed by atoms with Crippen LogP contribution >= 0.6 is 12.2 Å². The number of nitrogens with one attached hydrogen (secondary N) is 3. The number of aromatic nitrogens is 2. The second-order valence-electron chi connectivity index (χ2n) is 6.18. The van der Waals surface area contributed by atoms with Gasteiger partial charge in [-0.15, -0.1) is 0 Å². The molecule has 0 aliphatic rings. The SMILES string of the molecule is CCCC[C@H](CC)CNC(=S)NNC(=O)c1c(C)nc2ccccn12. The summed E-state index contributed by atoms with van der Waals surface area (Å²) < 4.78 is 1.76. The van der Waals surface area contributed by atoms with Gasteiger partial charge in [-0.3, -0.25) is 20.0 Å². The molecule has 2 heterocycles. The summed E-state index contributed by atoms with van der Waals surface area (Å²) in [5, 5.41) is 3.60. The van der Waals surface area contributed by atoms with Gasteiger partial charge in [-0.2, -0.15) is 0 Å². The number of nitrogens with zero attached hydrogens (tertiary/aromatic N) is 2. The van der Waals surface area contributed by atoms with Crippen LogP contribution < -0.4 is 16.2 Å². The number of hydrogen-bond donors (Lipinski definition) is 3. The number of fused-ring (bicyclic) bond motifs is 1. The van der Waals surface area contributed by atoms with Crippen LogP contribution in [0, 0.1) is 12.8 Å². The predicted octanol–water partition coefficient (Wildman–Crippen LogP) is 2.97. The Labute approximate surface area is 154 Å². The van der Waals surface area contributed by atoms with Crippen molar-refractivity contribution in [2.75, 3.05) is 6.54 Å². The van der Waals surface area contributed by atoms with Crippen LogP contribution in [0.4, 0.5) is 0 Å². The molecule has 1 amide bonds. The first-order valence-corrected chi connectivity index (χ1v) is 9.25. The molecule has 2 rings (SSSR count). The number of amides is 1. The number of thiocarbonyl (C=S) groups is 1. The highest BCUT2D eigenvalue weighted by molar-refractivity contribution is 7.80. The lowest BCUT2D eigenvalue weighted by atomic mass is 9.99. The van der Waals surface area contributed by atoms with E-state index in [1.807, 2.05) is 31.3 Å². The lowest BCUT2D eigenvalue weighted by Gasteiger charge is -2.17. The van der Waals surface area contributed by atoms with E-state index in [1.54, 1.807) is 4.40 Å². The quantitative estimate of drug-likeness (QED) is 0.522. The van der Waals surface area contributed by atoms with Crippen LogP contribution in [0.1, 0.15) is 55.7 Å². The molecule has 0 aliphatic heterocycles. The van der Waals surface area contributed by atoms with Gasteiger partial charge in [0.2, 0.25) is 0 Å². The van der Waals surface area contributed by atoms with Gasteiger partial charge in [0.25, 0.3) is 5.91 Å². The topological polar surface area (TPSA) is 70.5 Å². The minimum atomic E-state index is -0.265. The Hall–Kier alpha value is -2.15. The molecule has 0 radical (unpaired) electrons. The minimum Gasteiger partial charge on any atom is -0.361 e. The van der Waals surface area contributed by atoms with Gasteiger partial charge in [-0.1, -0.05) is 39.2 Å². The smallest absolute Gasteiger partial charge is 0.288 e. The summed E-state index contributed by atoms with van der Waals surface area (Å²) in [7, 11) is 0. The molecule has 2 aromatic heterocycles. The fraction of sp³-hybridized carbons (Fsp3) is 0.500. The number of aryl methyl sites for hydroxylation is 1. The van der Waals surface area contributed by atoms with Crippen LogP contribution in [0.3, 0.4) is 0 Å². The summed E-state index contributed by atoms with van der Waals surface area (Å²) in [6, 6.07) is 5.62. The van der Waals surface area contributed by atoms with Crippen molar-refractivity contribution in [1.29, 1.82) is 0 Å².